The number of nitro benzene ring substituents is 1. The number of nitro groups is 1. The first kappa shape index (κ1) is 28.7. The quantitative estimate of drug-likeness (QED) is 0.119. The lowest BCUT2D eigenvalue weighted by Crippen LogP contribution is -2.39. The van der Waals surface area contributed by atoms with Gasteiger partial charge in [-0.3, -0.25) is 14.9 Å². The van der Waals surface area contributed by atoms with Gasteiger partial charge >= 0.3 is 5.97 Å². The molecule has 0 aliphatic heterocycles. The highest BCUT2D eigenvalue weighted by atomic mass is 32.2. The molecule has 210 valence electrons. The molecular formula is C28H24N4O8S. The SMILES string of the molecule is CCOC(=O)c1ccc(-c2ccc(/C=N\NC(=O)CN(c3ccccc3[N+](=O)[O-])S(=O)(=O)c3ccccc3)o2)cc1. The van der Waals surface area contributed by atoms with Gasteiger partial charge in [0.1, 0.15) is 23.8 Å². The van der Waals surface area contributed by atoms with E-state index in [0.717, 1.165) is 6.07 Å². The molecule has 13 heteroatoms. The summed E-state index contributed by atoms with van der Waals surface area (Å²) in [6, 6.07) is 22.4. The van der Waals surface area contributed by atoms with Gasteiger partial charge in [-0.15, -0.1) is 0 Å². The van der Waals surface area contributed by atoms with Crippen LogP contribution >= 0.6 is 0 Å². The number of anilines is 1. The number of carbonyl (C=O) groups is 2. The number of furan rings is 1. The number of sulfonamides is 1. The third-order valence-electron chi connectivity index (χ3n) is 5.65. The van der Waals surface area contributed by atoms with Gasteiger partial charge in [-0.05, 0) is 49.4 Å². The normalized spacial score (nSPS) is 11.2. The summed E-state index contributed by atoms with van der Waals surface area (Å²) in [5.41, 5.74) is 2.56. The van der Waals surface area contributed by atoms with Crippen molar-refractivity contribution in [3.8, 4) is 11.3 Å². The molecule has 0 atom stereocenters. The standard InChI is InChI=1S/C28H24N4O8S/c1-2-39-28(34)21-14-12-20(13-15-21)26-17-16-22(40-26)18-29-30-27(33)19-31(24-10-6-7-11-25(24)32(35)36)41(37,38)23-8-4-3-5-9-23/h3-18H,2,19H2,1H3,(H,30,33)/b29-18-. The Morgan fingerprint density at radius 2 is 1.68 bits per heavy atom. The van der Waals surface area contributed by atoms with Gasteiger partial charge in [-0.25, -0.2) is 22.9 Å². The van der Waals surface area contributed by atoms with Crippen LogP contribution in [0, 0.1) is 10.1 Å². The molecular weight excluding hydrogens is 552 g/mol. The van der Waals surface area contributed by atoms with Gasteiger partial charge in [0.25, 0.3) is 21.6 Å². The van der Waals surface area contributed by atoms with Crippen molar-refractivity contribution in [1.29, 1.82) is 0 Å². The predicted octanol–water partition coefficient (Wildman–Crippen LogP) is 4.38. The average Bonchev–Trinajstić information content (AvgIpc) is 3.45. The number of benzene rings is 3. The summed E-state index contributed by atoms with van der Waals surface area (Å²) >= 11 is 0. The second-order valence-electron chi connectivity index (χ2n) is 8.36. The van der Waals surface area contributed by atoms with Gasteiger partial charge in [0, 0.05) is 11.6 Å². The minimum Gasteiger partial charge on any atom is -0.462 e. The molecule has 0 aliphatic carbocycles. The summed E-state index contributed by atoms with van der Waals surface area (Å²) in [5.74, 6) is -0.522. The maximum Gasteiger partial charge on any atom is 0.338 e. The largest absolute Gasteiger partial charge is 0.462 e. The van der Waals surface area contributed by atoms with E-state index >= 15 is 0 Å². The first-order valence-electron chi connectivity index (χ1n) is 12.2. The molecule has 1 N–H and O–H groups in total. The Morgan fingerprint density at radius 1 is 1.00 bits per heavy atom. The van der Waals surface area contributed by atoms with E-state index in [-0.39, 0.29) is 22.9 Å². The fourth-order valence-corrected chi connectivity index (χ4v) is 5.20. The molecule has 0 fully saturated rings. The number of para-hydroxylation sites is 2. The van der Waals surface area contributed by atoms with E-state index in [1.54, 1.807) is 49.4 Å². The number of hydrogen-bond donors (Lipinski definition) is 1. The van der Waals surface area contributed by atoms with Crippen molar-refractivity contribution in [3.05, 3.63) is 112 Å². The Labute approximate surface area is 235 Å². The zero-order chi connectivity index (χ0) is 29.4. The average molecular weight is 577 g/mol. The van der Waals surface area contributed by atoms with E-state index in [0.29, 0.717) is 21.2 Å². The molecule has 0 radical (unpaired) electrons. The molecule has 0 unspecified atom stereocenters. The van der Waals surface area contributed by atoms with Crippen molar-refractivity contribution in [3.63, 3.8) is 0 Å². The second-order valence-corrected chi connectivity index (χ2v) is 10.2. The van der Waals surface area contributed by atoms with Crippen molar-refractivity contribution in [2.45, 2.75) is 11.8 Å². The lowest BCUT2D eigenvalue weighted by atomic mass is 10.1. The number of amides is 1. The third-order valence-corrected chi connectivity index (χ3v) is 7.43. The van der Waals surface area contributed by atoms with E-state index < -0.39 is 39.1 Å². The van der Waals surface area contributed by atoms with Crippen LogP contribution in [-0.4, -0.2) is 44.6 Å². The monoisotopic (exact) mass is 576 g/mol. The molecule has 1 amide bonds. The third kappa shape index (κ3) is 6.83. The topological polar surface area (TPSA) is 161 Å². The van der Waals surface area contributed by atoms with Gasteiger partial charge in [0.2, 0.25) is 0 Å². The maximum atomic E-state index is 13.4. The van der Waals surface area contributed by atoms with E-state index in [1.807, 2.05) is 0 Å². The molecule has 0 bridgehead atoms. The fourth-order valence-electron chi connectivity index (χ4n) is 3.74. The molecule has 4 aromatic rings. The van der Waals surface area contributed by atoms with Crippen LogP contribution in [0.1, 0.15) is 23.0 Å². The summed E-state index contributed by atoms with van der Waals surface area (Å²) in [4.78, 5) is 35.3. The Morgan fingerprint density at radius 3 is 2.37 bits per heavy atom. The van der Waals surface area contributed by atoms with Crippen molar-refractivity contribution in [2.75, 3.05) is 17.5 Å². The van der Waals surface area contributed by atoms with Gasteiger partial charge < -0.3 is 9.15 Å². The number of esters is 1. The predicted molar refractivity (Wildman–Crippen MR) is 150 cm³/mol. The smallest absolute Gasteiger partial charge is 0.338 e. The minimum absolute atomic E-state index is 0.146. The summed E-state index contributed by atoms with van der Waals surface area (Å²) in [5, 5.41) is 15.4. The van der Waals surface area contributed by atoms with Crippen molar-refractivity contribution in [2.24, 2.45) is 5.10 Å². The highest BCUT2D eigenvalue weighted by Crippen LogP contribution is 2.32. The number of nitrogens with one attached hydrogen (secondary N) is 1. The molecule has 0 saturated heterocycles. The number of ether oxygens (including phenoxy) is 1. The van der Waals surface area contributed by atoms with Crippen LogP contribution in [0.15, 0.2) is 105 Å². The van der Waals surface area contributed by atoms with Crippen molar-refractivity contribution >= 4 is 39.5 Å². The lowest BCUT2D eigenvalue weighted by Gasteiger charge is -2.23. The van der Waals surface area contributed by atoms with Gasteiger partial charge in [-0.2, -0.15) is 5.10 Å². The zero-order valence-electron chi connectivity index (χ0n) is 21.7. The van der Waals surface area contributed by atoms with Crippen LogP contribution in [0.2, 0.25) is 0 Å². The second kappa shape index (κ2) is 12.7. The fraction of sp³-hybridized carbons (Fsp3) is 0.107. The number of rotatable bonds is 11. The minimum atomic E-state index is -4.35. The highest BCUT2D eigenvalue weighted by molar-refractivity contribution is 7.92. The van der Waals surface area contributed by atoms with Crippen LogP contribution in [0.3, 0.4) is 0 Å². The summed E-state index contributed by atoms with van der Waals surface area (Å²) < 4.78 is 38.2. The first-order valence-corrected chi connectivity index (χ1v) is 13.6. The van der Waals surface area contributed by atoms with Crippen LogP contribution in [0.5, 0.6) is 0 Å². The summed E-state index contributed by atoms with van der Waals surface area (Å²) in [7, 11) is -4.35. The van der Waals surface area contributed by atoms with E-state index in [9.17, 15) is 28.1 Å². The van der Waals surface area contributed by atoms with Gasteiger partial charge in [-0.1, -0.05) is 42.5 Å². The van der Waals surface area contributed by atoms with E-state index in [1.165, 1.54) is 48.7 Å². The van der Waals surface area contributed by atoms with Gasteiger partial charge in [0.05, 0.1) is 28.2 Å². The lowest BCUT2D eigenvalue weighted by molar-refractivity contribution is -0.384. The maximum absolute atomic E-state index is 13.4. The van der Waals surface area contributed by atoms with E-state index in [4.69, 9.17) is 9.15 Å². The van der Waals surface area contributed by atoms with Crippen molar-refractivity contribution < 1.29 is 32.1 Å². The zero-order valence-corrected chi connectivity index (χ0v) is 22.5. The molecule has 3 aromatic carbocycles. The Hall–Kier alpha value is -5.30. The summed E-state index contributed by atoms with van der Waals surface area (Å²) in [6.45, 7) is 1.21. The molecule has 0 saturated carbocycles. The molecule has 0 spiro atoms. The van der Waals surface area contributed by atoms with Crippen molar-refractivity contribution in [1.82, 2.24) is 5.43 Å². The highest BCUT2D eigenvalue weighted by Gasteiger charge is 2.31. The van der Waals surface area contributed by atoms with Crippen LogP contribution in [0.25, 0.3) is 11.3 Å². The number of carbonyl (C=O) groups excluding carboxylic acids is 2. The Kier molecular flexibility index (Phi) is 8.89. The number of hydrazone groups is 1. The molecule has 0 aliphatic rings. The van der Waals surface area contributed by atoms with Crippen LogP contribution in [-0.2, 0) is 19.6 Å². The number of hydrogen-bond acceptors (Lipinski definition) is 9. The van der Waals surface area contributed by atoms with Crippen LogP contribution in [0.4, 0.5) is 11.4 Å². The molecule has 41 heavy (non-hydrogen) atoms. The Balaban J connectivity index is 1.49. The van der Waals surface area contributed by atoms with Gasteiger partial charge in [0.15, 0.2) is 0 Å². The molecule has 1 heterocycles. The number of nitrogens with zero attached hydrogens (tertiary/aromatic N) is 3. The molecule has 12 nitrogen and oxygen atoms in total. The van der Waals surface area contributed by atoms with Crippen LogP contribution < -0.4 is 9.73 Å². The molecule has 1 aromatic heterocycles. The summed E-state index contributed by atoms with van der Waals surface area (Å²) in [6.07, 6.45) is 1.22. The van der Waals surface area contributed by atoms with E-state index in [2.05, 4.69) is 10.5 Å². The Bertz CT molecular complexity index is 1680. The first-order chi connectivity index (χ1) is 19.7. The molecule has 4 rings (SSSR count).